The first-order valence-electron chi connectivity index (χ1n) is 5.90. The zero-order valence-corrected chi connectivity index (χ0v) is 11.1. The molecule has 0 aliphatic rings. The minimum absolute atomic E-state index is 0.0335. The second-order valence-electron chi connectivity index (χ2n) is 4.27. The van der Waals surface area contributed by atoms with E-state index in [9.17, 15) is 14.7 Å². The van der Waals surface area contributed by atoms with Crippen molar-refractivity contribution in [2.75, 3.05) is 0 Å². The van der Waals surface area contributed by atoms with Crippen LogP contribution in [0.1, 0.15) is 15.2 Å². The van der Waals surface area contributed by atoms with Crippen LogP contribution >= 0.6 is 11.3 Å². The SMILES string of the molecule is O=C(O)c1cc(=O)n(Cc2cncs2)c2ccccc12. The molecule has 5 nitrogen and oxygen atoms in total. The highest BCUT2D eigenvalue weighted by atomic mass is 32.1. The molecule has 0 aliphatic carbocycles. The molecule has 3 aromatic rings. The average Bonchev–Trinajstić information content (AvgIpc) is 2.94. The van der Waals surface area contributed by atoms with Crippen LogP contribution in [0.15, 0.2) is 46.8 Å². The number of rotatable bonds is 3. The van der Waals surface area contributed by atoms with Gasteiger partial charge in [0.15, 0.2) is 0 Å². The van der Waals surface area contributed by atoms with Gasteiger partial charge in [0.05, 0.1) is 23.1 Å². The first kappa shape index (κ1) is 12.6. The van der Waals surface area contributed by atoms with Gasteiger partial charge in [-0.1, -0.05) is 18.2 Å². The minimum Gasteiger partial charge on any atom is -0.478 e. The van der Waals surface area contributed by atoms with Crippen LogP contribution in [0.4, 0.5) is 0 Å². The van der Waals surface area contributed by atoms with Crippen molar-refractivity contribution in [3.63, 3.8) is 0 Å². The maximum Gasteiger partial charge on any atom is 0.336 e. The maximum atomic E-state index is 12.2. The summed E-state index contributed by atoms with van der Waals surface area (Å²) in [6.45, 7) is 0.393. The number of carboxylic acid groups (broad SMARTS) is 1. The van der Waals surface area contributed by atoms with Gasteiger partial charge in [0.1, 0.15) is 0 Å². The van der Waals surface area contributed by atoms with Crippen molar-refractivity contribution in [2.45, 2.75) is 6.54 Å². The van der Waals surface area contributed by atoms with Crippen LogP contribution in [0.5, 0.6) is 0 Å². The molecule has 1 aromatic carbocycles. The van der Waals surface area contributed by atoms with Gasteiger partial charge in [0.2, 0.25) is 0 Å². The predicted molar refractivity (Wildman–Crippen MR) is 76.4 cm³/mol. The van der Waals surface area contributed by atoms with Gasteiger partial charge in [-0.25, -0.2) is 4.79 Å². The van der Waals surface area contributed by atoms with E-state index < -0.39 is 5.97 Å². The molecule has 6 heteroatoms. The normalized spacial score (nSPS) is 10.8. The van der Waals surface area contributed by atoms with E-state index in [-0.39, 0.29) is 11.1 Å². The molecule has 0 fully saturated rings. The fourth-order valence-electron chi connectivity index (χ4n) is 2.15. The molecule has 3 rings (SSSR count). The zero-order chi connectivity index (χ0) is 14.1. The summed E-state index contributed by atoms with van der Waals surface area (Å²) in [6.07, 6.45) is 1.71. The third-order valence-electron chi connectivity index (χ3n) is 3.05. The minimum atomic E-state index is -1.09. The Morgan fingerprint density at radius 3 is 2.85 bits per heavy atom. The van der Waals surface area contributed by atoms with Crippen molar-refractivity contribution < 1.29 is 9.90 Å². The lowest BCUT2D eigenvalue weighted by atomic mass is 10.1. The zero-order valence-electron chi connectivity index (χ0n) is 10.3. The number of thiazole rings is 1. The van der Waals surface area contributed by atoms with Crippen LogP contribution in [0.3, 0.4) is 0 Å². The molecule has 0 spiro atoms. The molecule has 0 unspecified atom stereocenters. The molecule has 0 aliphatic heterocycles. The molecule has 2 heterocycles. The van der Waals surface area contributed by atoms with E-state index in [4.69, 9.17) is 0 Å². The number of benzene rings is 1. The molecule has 0 bridgehead atoms. The number of aromatic nitrogens is 2. The Labute approximate surface area is 117 Å². The van der Waals surface area contributed by atoms with Crippen LogP contribution in [0, 0.1) is 0 Å². The van der Waals surface area contributed by atoms with Crippen LogP contribution < -0.4 is 5.56 Å². The second-order valence-corrected chi connectivity index (χ2v) is 5.24. The number of nitrogens with zero attached hydrogens (tertiary/aromatic N) is 2. The van der Waals surface area contributed by atoms with E-state index >= 15 is 0 Å². The molecule has 100 valence electrons. The van der Waals surface area contributed by atoms with Crippen molar-refractivity contribution in [3.05, 3.63) is 62.8 Å². The van der Waals surface area contributed by atoms with Gasteiger partial charge < -0.3 is 9.67 Å². The Balaban J connectivity index is 2.27. The Kier molecular flexibility index (Phi) is 3.08. The summed E-state index contributed by atoms with van der Waals surface area (Å²) >= 11 is 1.46. The maximum absolute atomic E-state index is 12.2. The van der Waals surface area contributed by atoms with E-state index in [0.717, 1.165) is 4.88 Å². The molecule has 20 heavy (non-hydrogen) atoms. The Bertz CT molecular complexity index is 837. The Morgan fingerprint density at radius 2 is 2.15 bits per heavy atom. The number of aromatic carboxylic acids is 1. The van der Waals surface area contributed by atoms with E-state index in [2.05, 4.69) is 4.98 Å². The van der Waals surface area contributed by atoms with Gasteiger partial charge in [0.25, 0.3) is 5.56 Å². The number of fused-ring (bicyclic) bond motifs is 1. The molecule has 0 atom stereocenters. The molecular formula is C14H10N2O3S. The van der Waals surface area contributed by atoms with Crippen molar-refractivity contribution >= 4 is 28.2 Å². The van der Waals surface area contributed by atoms with E-state index in [1.54, 1.807) is 40.5 Å². The Hall–Kier alpha value is -2.47. The molecule has 1 N–H and O–H groups in total. The lowest BCUT2D eigenvalue weighted by Gasteiger charge is -2.10. The summed E-state index contributed by atoms with van der Waals surface area (Å²) in [6, 6.07) is 8.18. The highest BCUT2D eigenvalue weighted by molar-refractivity contribution is 7.09. The summed E-state index contributed by atoms with van der Waals surface area (Å²) in [5, 5.41) is 9.76. The number of pyridine rings is 1. The molecule has 0 radical (unpaired) electrons. The van der Waals surface area contributed by atoms with Crippen LogP contribution in [0.2, 0.25) is 0 Å². The highest BCUT2D eigenvalue weighted by Gasteiger charge is 2.13. The second kappa shape index (κ2) is 4.90. The van der Waals surface area contributed by atoms with Gasteiger partial charge in [-0.15, -0.1) is 11.3 Å². The van der Waals surface area contributed by atoms with Gasteiger partial charge in [-0.05, 0) is 6.07 Å². The van der Waals surface area contributed by atoms with Gasteiger partial charge >= 0.3 is 5.97 Å². The van der Waals surface area contributed by atoms with Crippen molar-refractivity contribution in [1.82, 2.24) is 9.55 Å². The fourth-order valence-corrected chi connectivity index (χ4v) is 2.73. The first-order chi connectivity index (χ1) is 9.66. The smallest absolute Gasteiger partial charge is 0.336 e. The molecule has 0 saturated carbocycles. The third-order valence-corrected chi connectivity index (χ3v) is 3.81. The van der Waals surface area contributed by atoms with Gasteiger partial charge in [0, 0.05) is 22.5 Å². The van der Waals surface area contributed by atoms with E-state index in [1.165, 1.54) is 17.4 Å². The number of para-hydroxylation sites is 1. The van der Waals surface area contributed by atoms with Crippen molar-refractivity contribution in [1.29, 1.82) is 0 Å². The number of carboxylic acids is 1. The van der Waals surface area contributed by atoms with Crippen LogP contribution in [-0.4, -0.2) is 20.6 Å². The number of hydrogen-bond acceptors (Lipinski definition) is 4. The van der Waals surface area contributed by atoms with Crippen molar-refractivity contribution in [2.24, 2.45) is 0 Å². The Morgan fingerprint density at radius 1 is 1.35 bits per heavy atom. The molecule has 2 aromatic heterocycles. The van der Waals surface area contributed by atoms with Crippen LogP contribution in [0.25, 0.3) is 10.9 Å². The molecule has 0 saturated heterocycles. The fraction of sp³-hybridized carbons (Fsp3) is 0.0714. The van der Waals surface area contributed by atoms with Gasteiger partial charge in [-0.2, -0.15) is 0 Å². The van der Waals surface area contributed by atoms with Crippen molar-refractivity contribution in [3.8, 4) is 0 Å². The lowest BCUT2D eigenvalue weighted by molar-refractivity contribution is 0.0698. The van der Waals surface area contributed by atoms with Crippen LogP contribution in [-0.2, 0) is 6.54 Å². The quantitative estimate of drug-likeness (QED) is 0.801. The summed E-state index contributed by atoms with van der Waals surface area (Å²) in [5.74, 6) is -1.09. The standard InChI is InChI=1S/C14H10N2O3S/c17-13-5-11(14(18)19)10-3-1-2-4-12(10)16(13)7-9-6-15-8-20-9/h1-6,8H,7H2,(H,18,19). The summed E-state index contributed by atoms with van der Waals surface area (Å²) in [7, 11) is 0. The highest BCUT2D eigenvalue weighted by Crippen LogP contribution is 2.18. The average molecular weight is 286 g/mol. The predicted octanol–water partition coefficient (Wildman–Crippen LogP) is 2.20. The van der Waals surface area contributed by atoms with E-state index in [1.807, 2.05) is 0 Å². The molecule has 0 amide bonds. The number of carbonyl (C=O) groups is 1. The summed E-state index contributed by atoms with van der Waals surface area (Å²) in [5.41, 5.74) is 2.03. The summed E-state index contributed by atoms with van der Waals surface area (Å²) < 4.78 is 1.56. The third kappa shape index (κ3) is 2.10. The largest absolute Gasteiger partial charge is 0.478 e. The first-order valence-corrected chi connectivity index (χ1v) is 6.78. The summed E-state index contributed by atoms with van der Waals surface area (Å²) in [4.78, 5) is 28.3. The van der Waals surface area contributed by atoms with Gasteiger partial charge in [-0.3, -0.25) is 9.78 Å². The topological polar surface area (TPSA) is 72.2 Å². The lowest BCUT2D eigenvalue weighted by Crippen LogP contribution is -2.22. The molecular weight excluding hydrogens is 276 g/mol. The van der Waals surface area contributed by atoms with E-state index in [0.29, 0.717) is 17.4 Å². The number of hydrogen-bond donors (Lipinski definition) is 1. The monoisotopic (exact) mass is 286 g/mol.